The number of carbonyl (C=O) groups is 1. The van der Waals surface area contributed by atoms with Gasteiger partial charge in [-0.05, 0) is 23.5 Å². The molecule has 5 N–H and O–H groups in total. The number of aromatic hydroxyl groups is 2. The number of rotatable bonds is 3. The molecule has 0 aliphatic rings. The van der Waals surface area contributed by atoms with Crippen molar-refractivity contribution in [3.8, 4) is 11.5 Å². The van der Waals surface area contributed by atoms with Crippen molar-refractivity contribution in [2.45, 2.75) is 11.3 Å². The minimum atomic E-state index is -2.15. The molecule has 1 rings (SSSR count). The minimum Gasteiger partial charge on any atom is -0.504 e. The van der Waals surface area contributed by atoms with Crippen LogP contribution in [0.4, 0.5) is 0 Å². The minimum absolute atomic E-state index is 0.211. The normalized spacial score (nSPS) is 16.3. The molecule has 80 valence electrons. The summed E-state index contributed by atoms with van der Waals surface area (Å²) >= 11 is 0. The van der Waals surface area contributed by atoms with Gasteiger partial charge in [-0.3, -0.25) is 4.79 Å². The van der Waals surface area contributed by atoms with Crippen LogP contribution in [0.3, 0.4) is 0 Å². The number of phenolic OH excluding ortho intramolecular Hbond substituents is 2. The average molecular weight is 217 g/mol. The topological polar surface area (TPSA) is 104 Å². The van der Waals surface area contributed by atoms with E-state index in [1.807, 2.05) is 0 Å². The van der Waals surface area contributed by atoms with Crippen molar-refractivity contribution in [3.63, 3.8) is 0 Å². The summed E-state index contributed by atoms with van der Waals surface area (Å²) in [5, 5.41) is 27.0. The van der Waals surface area contributed by atoms with Gasteiger partial charge in [-0.25, -0.2) is 0 Å². The van der Waals surface area contributed by atoms with Gasteiger partial charge in [0.2, 0.25) is 0 Å². The Morgan fingerprint density at radius 1 is 1.38 bits per heavy atom. The first-order chi connectivity index (χ1) is 7.26. The van der Waals surface area contributed by atoms with Gasteiger partial charge in [0.15, 0.2) is 11.5 Å². The van der Waals surface area contributed by atoms with Gasteiger partial charge in [-0.15, -0.1) is 0 Å². The fourth-order valence-electron chi connectivity index (χ4n) is 1.14. The molecule has 1 aromatic carbocycles. The first-order valence-electron chi connectivity index (χ1n) is 4.35. The molecule has 0 amide bonds. The SMILES string of the molecule is [B]C(c1ccc(O)c(O)c1)[C@@]([B])(N)C(=O)O. The summed E-state index contributed by atoms with van der Waals surface area (Å²) in [6.07, 6.45) is 0. The van der Waals surface area contributed by atoms with Crippen LogP contribution in [0.1, 0.15) is 11.4 Å². The summed E-state index contributed by atoms with van der Waals surface area (Å²) in [4.78, 5) is 10.7. The number of carboxylic acid groups (broad SMARTS) is 1. The van der Waals surface area contributed by atoms with Gasteiger partial charge in [0.05, 0.1) is 13.3 Å². The largest absolute Gasteiger partial charge is 0.504 e. The van der Waals surface area contributed by atoms with Crippen molar-refractivity contribution < 1.29 is 20.1 Å². The van der Waals surface area contributed by atoms with Crippen molar-refractivity contribution in [2.75, 3.05) is 0 Å². The molecule has 0 saturated carbocycles. The van der Waals surface area contributed by atoms with Crippen LogP contribution < -0.4 is 5.73 Å². The Morgan fingerprint density at radius 2 is 1.94 bits per heavy atom. The Kier molecular flexibility index (Phi) is 3.19. The second kappa shape index (κ2) is 4.09. The molecule has 0 aromatic heterocycles. The second-order valence-corrected chi connectivity index (χ2v) is 3.46. The molecule has 0 fully saturated rings. The van der Waals surface area contributed by atoms with Crippen LogP contribution in [0, 0.1) is 0 Å². The van der Waals surface area contributed by atoms with E-state index in [2.05, 4.69) is 0 Å². The van der Waals surface area contributed by atoms with E-state index in [1.165, 1.54) is 12.1 Å². The van der Waals surface area contributed by atoms with Crippen LogP contribution in [0.5, 0.6) is 11.5 Å². The van der Waals surface area contributed by atoms with Crippen LogP contribution in [0.25, 0.3) is 0 Å². The van der Waals surface area contributed by atoms with Crippen molar-refractivity contribution in [3.05, 3.63) is 23.8 Å². The zero-order valence-electron chi connectivity index (χ0n) is 8.29. The Morgan fingerprint density at radius 3 is 2.38 bits per heavy atom. The fraction of sp³-hybridized carbons (Fsp3) is 0.222. The molecule has 2 atom stereocenters. The third kappa shape index (κ3) is 2.14. The summed E-state index contributed by atoms with van der Waals surface area (Å²) in [5.74, 6) is -3.44. The Balaban J connectivity index is 3.10. The van der Waals surface area contributed by atoms with Crippen LogP contribution in [-0.2, 0) is 4.79 Å². The first-order valence-corrected chi connectivity index (χ1v) is 4.35. The van der Waals surface area contributed by atoms with E-state index in [-0.39, 0.29) is 11.3 Å². The van der Waals surface area contributed by atoms with Crippen molar-refractivity contribution in [1.29, 1.82) is 0 Å². The van der Waals surface area contributed by atoms with Gasteiger partial charge >= 0.3 is 5.97 Å². The number of aliphatic carboxylic acids is 1. The molecule has 7 heteroatoms. The van der Waals surface area contributed by atoms with Gasteiger partial charge in [-0.2, -0.15) is 0 Å². The van der Waals surface area contributed by atoms with Gasteiger partial charge in [-0.1, -0.05) is 6.07 Å². The average Bonchev–Trinajstić information content (AvgIpc) is 2.20. The third-order valence-corrected chi connectivity index (χ3v) is 2.24. The van der Waals surface area contributed by atoms with E-state index in [0.717, 1.165) is 6.07 Å². The van der Waals surface area contributed by atoms with Gasteiger partial charge < -0.3 is 21.1 Å². The van der Waals surface area contributed by atoms with Gasteiger partial charge in [0.1, 0.15) is 7.85 Å². The predicted molar refractivity (Wildman–Crippen MR) is 58.6 cm³/mol. The van der Waals surface area contributed by atoms with Crippen molar-refractivity contribution >= 4 is 21.7 Å². The van der Waals surface area contributed by atoms with E-state index >= 15 is 0 Å². The fourth-order valence-corrected chi connectivity index (χ4v) is 1.14. The summed E-state index contributed by atoms with van der Waals surface area (Å²) < 4.78 is 0. The molecular formula is C9H9B2NO4. The number of carboxylic acids is 1. The van der Waals surface area contributed by atoms with Crippen molar-refractivity contribution in [2.24, 2.45) is 5.73 Å². The molecule has 0 aliphatic carbocycles. The number of nitrogens with two attached hydrogens (primary N) is 1. The number of hydrogen-bond acceptors (Lipinski definition) is 4. The monoisotopic (exact) mass is 217 g/mol. The number of hydrogen-bond donors (Lipinski definition) is 4. The highest BCUT2D eigenvalue weighted by Crippen LogP contribution is 2.30. The Bertz CT molecular complexity index is 422. The van der Waals surface area contributed by atoms with Crippen LogP contribution in [-0.4, -0.2) is 42.4 Å². The molecule has 0 spiro atoms. The van der Waals surface area contributed by atoms with E-state index in [9.17, 15) is 9.90 Å². The molecule has 0 heterocycles. The summed E-state index contributed by atoms with van der Waals surface area (Å²) in [6, 6.07) is 3.61. The van der Waals surface area contributed by atoms with Crippen LogP contribution >= 0.6 is 0 Å². The molecule has 1 unspecified atom stereocenters. The molecule has 0 saturated heterocycles. The third-order valence-electron chi connectivity index (χ3n) is 2.24. The van der Waals surface area contributed by atoms with Crippen LogP contribution in [0.15, 0.2) is 18.2 Å². The van der Waals surface area contributed by atoms with E-state index in [4.69, 9.17) is 31.6 Å². The molecule has 0 bridgehead atoms. The highest BCUT2D eigenvalue weighted by molar-refractivity contribution is 6.33. The number of benzene rings is 1. The predicted octanol–water partition coefficient (Wildman–Crippen LogP) is -0.785. The number of phenols is 2. The highest BCUT2D eigenvalue weighted by Gasteiger charge is 2.34. The molecule has 0 aliphatic heterocycles. The lowest BCUT2D eigenvalue weighted by Crippen LogP contribution is -2.53. The van der Waals surface area contributed by atoms with E-state index < -0.39 is 23.0 Å². The molecule has 4 radical (unpaired) electrons. The van der Waals surface area contributed by atoms with Gasteiger partial charge in [0.25, 0.3) is 0 Å². The summed E-state index contributed by atoms with van der Waals surface area (Å²) in [6.45, 7) is 0. The highest BCUT2D eigenvalue weighted by atomic mass is 16.4. The maximum atomic E-state index is 10.7. The lowest BCUT2D eigenvalue weighted by atomic mass is 9.58. The van der Waals surface area contributed by atoms with Gasteiger partial charge in [0, 0.05) is 0 Å². The molecule has 16 heavy (non-hydrogen) atoms. The van der Waals surface area contributed by atoms with Crippen LogP contribution in [0.2, 0.25) is 0 Å². The standard InChI is InChI=1S/C9H9B2NO4/c10-7(9(11,12)8(15)16)4-1-2-5(13)6(14)3-4/h1-3,7,13-14H,12H2,(H,15,16)/t7?,9-/m1/s1. The smallest absolute Gasteiger partial charge is 0.313 e. The quantitative estimate of drug-likeness (QED) is 0.392. The zero-order chi connectivity index (χ0) is 12.5. The summed E-state index contributed by atoms with van der Waals surface area (Å²) in [5.41, 5.74) is 3.39. The maximum Gasteiger partial charge on any atom is 0.313 e. The molecular weight excluding hydrogens is 208 g/mol. The lowest BCUT2D eigenvalue weighted by Gasteiger charge is -2.28. The zero-order valence-corrected chi connectivity index (χ0v) is 8.29. The van der Waals surface area contributed by atoms with E-state index in [1.54, 1.807) is 0 Å². The maximum absolute atomic E-state index is 10.7. The second-order valence-electron chi connectivity index (χ2n) is 3.46. The lowest BCUT2D eigenvalue weighted by molar-refractivity contribution is -0.140. The summed E-state index contributed by atoms with van der Waals surface area (Å²) in [7, 11) is 10.9. The first kappa shape index (κ1) is 12.4. The van der Waals surface area contributed by atoms with Crippen molar-refractivity contribution in [1.82, 2.24) is 0 Å². The Hall–Kier alpha value is -1.62. The van der Waals surface area contributed by atoms with E-state index in [0.29, 0.717) is 0 Å². The molecule has 5 nitrogen and oxygen atoms in total. The Labute approximate surface area is 94.7 Å². The molecule has 1 aromatic rings.